The molecule has 1 N–H and O–H groups in total. The van der Waals surface area contributed by atoms with E-state index in [2.05, 4.69) is 5.32 Å². The Morgan fingerprint density at radius 1 is 1.19 bits per heavy atom. The summed E-state index contributed by atoms with van der Waals surface area (Å²) in [5, 5.41) is 3.20. The third kappa shape index (κ3) is 6.26. The summed E-state index contributed by atoms with van der Waals surface area (Å²) in [6, 6.07) is 13.0. The van der Waals surface area contributed by atoms with Crippen molar-refractivity contribution in [3.05, 3.63) is 70.5 Å². The second-order valence-electron chi connectivity index (χ2n) is 6.02. The minimum atomic E-state index is -0.696. The van der Waals surface area contributed by atoms with Crippen LogP contribution < -0.4 is 5.32 Å². The van der Waals surface area contributed by atoms with Gasteiger partial charge in [-0.15, -0.1) is 11.8 Å². The van der Waals surface area contributed by atoms with Gasteiger partial charge in [0.25, 0.3) is 0 Å². The summed E-state index contributed by atoms with van der Waals surface area (Å²) >= 11 is 7.31. The summed E-state index contributed by atoms with van der Waals surface area (Å²) in [5.41, 5.74) is 1.43. The third-order valence-electron chi connectivity index (χ3n) is 4.12. The topological polar surface area (TPSA) is 49.4 Å². The van der Waals surface area contributed by atoms with E-state index in [0.717, 1.165) is 5.56 Å². The molecule has 144 valence electrons. The third-order valence-corrected chi connectivity index (χ3v) is 5.36. The van der Waals surface area contributed by atoms with E-state index in [0.29, 0.717) is 16.3 Å². The lowest BCUT2D eigenvalue weighted by Crippen LogP contribution is -2.47. The number of hydrogen-bond acceptors (Lipinski definition) is 3. The van der Waals surface area contributed by atoms with E-state index in [-0.39, 0.29) is 24.1 Å². The maximum atomic E-state index is 14.0. The van der Waals surface area contributed by atoms with E-state index in [1.54, 1.807) is 37.3 Å². The number of carbonyl (C=O) groups excluding carboxylic acids is 2. The van der Waals surface area contributed by atoms with Crippen LogP contribution in [-0.2, 0) is 21.9 Å². The highest BCUT2D eigenvalue weighted by Crippen LogP contribution is 2.18. The van der Waals surface area contributed by atoms with Crippen LogP contribution in [0.25, 0.3) is 0 Å². The number of nitrogens with one attached hydrogen (secondary N) is 1. The van der Waals surface area contributed by atoms with Crippen molar-refractivity contribution in [3.8, 4) is 0 Å². The van der Waals surface area contributed by atoms with Crippen LogP contribution in [0.5, 0.6) is 0 Å². The molecule has 0 spiro atoms. The molecule has 0 aromatic heterocycles. The summed E-state index contributed by atoms with van der Waals surface area (Å²) in [7, 11) is 1.51. The molecule has 0 radical (unpaired) electrons. The van der Waals surface area contributed by atoms with E-state index in [1.807, 2.05) is 12.1 Å². The molecule has 2 rings (SSSR count). The number of nitrogens with zero attached hydrogens (tertiary/aromatic N) is 1. The number of amides is 2. The van der Waals surface area contributed by atoms with Crippen molar-refractivity contribution >= 4 is 35.2 Å². The Balaban J connectivity index is 2.04. The van der Waals surface area contributed by atoms with Crippen molar-refractivity contribution in [2.24, 2.45) is 0 Å². The minimum absolute atomic E-state index is 0.0433. The van der Waals surface area contributed by atoms with Crippen LogP contribution in [0.3, 0.4) is 0 Å². The zero-order valence-electron chi connectivity index (χ0n) is 15.2. The van der Waals surface area contributed by atoms with Gasteiger partial charge in [-0.25, -0.2) is 4.39 Å². The lowest BCUT2D eigenvalue weighted by Gasteiger charge is -2.28. The first-order valence-corrected chi connectivity index (χ1v) is 10.0. The van der Waals surface area contributed by atoms with E-state index in [4.69, 9.17) is 11.6 Å². The smallest absolute Gasteiger partial charge is 0.242 e. The molecule has 0 bridgehead atoms. The highest BCUT2D eigenvalue weighted by atomic mass is 35.5. The predicted octanol–water partition coefficient (Wildman–Crippen LogP) is 3.88. The number of likely N-dealkylation sites (N-methyl/N-ethyl adjacent to an activating group) is 1. The van der Waals surface area contributed by atoms with E-state index in [1.165, 1.54) is 29.8 Å². The highest BCUT2D eigenvalue weighted by Gasteiger charge is 2.26. The molecule has 0 aliphatic heterocycles. The van der Waals surface area contributed by atoms with Crippen LogP contribution in [-0.4, -0.2) is 35.6 Å². The quantitative estimate of drug-likeness (QED) is 0.721. The molecule has 7 heteroatoms. The van der Waals surface area contributed by atoms with Gasteiger partial charge < -0.3 is 10.2 Å². The molecule has 2 aromatic rings. The van der Waals surface area contributed by atoms with Crippen molar-refractivity contribution in [3.63, 3.8) is 0 Å². The molecule has 0 fully saturated rings. The zero-order valence-corrected chi connectivity index (χ0v) is 16.8. The Labute approximate surface area is 168 Å². The van der Waals surface area contributed by atoms with Crippen molar-refractivity contribution in [2.75, 3.05) is 12.8 Å². The Hall–Kier alpha value is -2.05. The molecule has 1 atom stereocenters. The van der Waals surface area contributed by atoms with Gasteiger partial charge in [0, 0.05) is 29.9 Å². The SMILES string of the molecule is CNC(=O)[C@@H](C)N(Cc1ccccc1F)C(=O)CSCc1ccc(Cl)cc1. The van der Waals surface area contributed by atoms with Gasteiger partial charge >= 0.3 is 0 Å². The Kier molecular flexibility index (Phi) is 8.13. The average molecular weight is 409 g/mol. The number of thioether (sulfide) groups is 1. The fourth-order valence-electron chi connectivity index (χ4n) is 2.52. The first kappa shape index (κ1) is 21.3. The fourth-order valence-corrected chi connectivity index (χ4v) is 3.52. The molecular formula is C20H22ClFN2O2S. The number of carbonyl (C=O) groups is 2. The van der Waals surface area contributed by atoms with Crippen molar-refractivity contribution in [2.45, 2.75) is 25.3 Å². The van der Waals surface area contributed by atoms with Gasteiger partial charge in [0.2, 0.25) is 11.8 Å². The highest BCUT2D eigenvalue weighted by molar-refractivity contribution is 7.99. The minimum Gasteiger partial charge on any atom is -0.357 e. The molecule has 0 heterocycles. The van der Waals surface area contributed by atoms with Gasteiger partial charge in [-0.2, -0.15) is 0 Å². The first-order chi connectivity index (χ1) is 12.9. The average Bonchev–Trinajstić information content (AvgIpc) is 2.67. The molecule has 0 saturated carbocycles. The van der Waals surface area contributed by atoms with E-state index < -0.39 is 11.9 Å². The molecule has 0 saturated heterocycles. The molecule has 2 amide bonds. The standard InChI is InChI=1S/C20H22ClFN2O2S/c1-14(20(26)23-2)24(11-16-5-3-4-6-18(16)22)19(25)13-27-12-15-7-9-17(21)10-8-15/h3-10,14H,11-13H2,1-2H3,(H,23,26)/t14-/m1/s1. The van der Waals surface area contributed by atoms with Crippen LogP contribution in [0.15, 0.2) is 48.5 Å². The Morgan fingerprint density at radius 2 is 1.85 bits per heavy atom. The van der Waals surface area contributed by atoms with Gasteiger partial charge in [-0.05, 0) is 30.7 Å². The van der Waals surface area contributed by atoms with Crippen molar-refractivity contribution in [1.82, 2.24) is 10.2 Å². The second-order valence-corrected chi connectivity index (χ2v) is 7.44. The zero-order chi connectivity index (χ0) is 19.8. The van der Waals surface area contributed by atoms with Gasteiger partial charge in [0.15, 0.2) is 0 Å². The molecule has 27 heavy (non-hydrogen) atoms. The van der Waals surface area contributed by atoms with E-state index in [9.17, 15) is 14.0 Å². The van der Waals surface area contributed by atoms with Gasteiger partial charge in [0.05, 0.1) is 5.75 Å². The summed E-state index contributed by atoms with van der Waals surface area (Å²) in [5.74, 6) is -0.0626. The summed E-state index contributed by atoms with van der Waals surface area (Å²) in [4.78, 5) is 26.2. The lowest BCUT2D eigenvalue weighted by molar-refractivity contribution is -0.138. The summed E-state index contributed by atoms with van der Waals surface area (Å²) in [6.07, 6.45) is 0. The normalized spacial score (nSPS) is 11.7. The summed E-state index contributed by atoms with van der Waals surface area (Å²) in [6.45, 7) is 1.68. The van der Waals surface area contributed by atoms with Crippen LogP contribution >= 0.6 is 23.4 Å². The van der Waals surface area contributed by atoms with Gasteiger partial charge in [-0.1, -0.05) is 41.9 Å². The molecule has 4 nitrogen and oxygen atoms in total. The monoisotopic (exact) mass is 408 g/mol. The summed E-state index contributed by atoms with van der Waals surface area (Å²) < 4.78 is 14.0. The number of hydrogen-bond donors (Lipinski definition) is 1. The van der Waals surface area contributed by atoms with Crippen molar-refractivity contribution in [1.29, 1.82) is 0 Å². The molecular weight excluding hydrogens is 387 g/mol. The maximum absolute atomic E-state index is 14.0. The molecule has 2 aromatic carbocycles. The Bertz CT molecular complexity index is 786. The number of rotatable bonds is 8. The Morgan fingerprint density at radius 3 is 2.48 bits per heavy atom. The van der Waals surface area contributed by atoms with E-state index >= 15 is 0 Å². The lowest BCUT2D eigenvalue weighted by atomic mass is 10.1. The van der Waals surface area contributed by atoms with Crippen LogP contribution in [0.4, 0.5) is 4.39 Å². The van der Waals surface area contributed by atoms with Crippen LogP contribution in [0.1, 0.15) is 18.1 Å². The maximum Gasteiger partial charge on any atom is 0.242 e. The molecule has 0 aliphatic rings. The van der Waals surface area contributed by atoms with Gasteiger partial charge in [0.1, 0.15) is 11.9 Å². The predicted molar refractivity (Wildman–Crippen MR) is 108 cm³/mol. The second kappa shape index (κ2) is 10.3. The molecule has 0 aliphatic carbocycles. The van der Waals surface area contributed by atoms with Crippen LogP contribution in [0, 0.1) is 5.82 Å². The first-order valence-electron chi connectivity index (χ1n) is 8.49. The van der Waals surface area contributed by atoms with Crippen molar-refractivity contribution < 1.29 is 14.0 Å². The largest absolute Gasteiger partial charge is 0.357 e. The van der Waals surface area contributed by atoms with Crippen LogP contribution in [0.2, 0.25) is 5.02 Å². The van der Waals surface area contributed by atoms with Gasteiger partial charge in [-0.3, -0.25) is 9.59 Å². The molecule has 0 unspecified atom stereocenters. The number of halogens is 2. The number of benzene rings is 2. The fraction of sp³-hybridized carbons (Fsp3) is 0.300.